The number of ether oxygens (including phenoxy) is 6. The number of amides is 1. The fraction of sp³-hybridized carbons (Fsp3) is 0.829. The molecule has 552 valence electrons. The van der Waals surface area contributed by atoms with Crippen molar-refractivity contribution < 1.29 is 89.4 Å². The van der Waals surface area contributed by atoms with Gasteiger partial charge in [0.25, 0.3) is 0 Å². The molecule has 3 aliphatic rings. The van der Waals surface area contributed by atoms with Crippen LogP contribution in [0.15, 0.2) is 72.9 Å². The summed E-state index contributed by atoms with van der Waals surface area (Å²) in [6, 6.07) is -0.988. The Balaban J connectivity index is 1.24. The van der Waals surface area contributed by atoms with Gasteiger partial charge in [-0.2, -0.15) is 0 Å². The van der Waals surface area contributed by atoms with Gasteiger partial charge in [-0.05, 0) is 70.6 Å². The third kappa shape index (κ3) is 38.0. The molecular weight excluding hydrogens is 1210 g/mol. The molecule has 0 aromatic carbocycles. The van der Waals surface area contributed by atoms with Crippen molar-refractivity contribution in [2.45, 2.75) is 375 Å². The smallest absolute Gasteiger partial charge is 0.220 e. The monoisotopic (exact) mass is 1350 g/mol. The first-order valence-electron chi connectivity index (χ1n) is 37.7. The maximum absolute atomic E-state index is 13.4. The van der Waals surface area contributed by atoms with E-state index in [-0.39, 0.29) is 18.9 Å². The summed E-state index contributed by atoms with van der Waals surface area (Å²) >= 11 is 0. The third-order valence-electron chi connectivity index (χ3n) is 18.5. The molecule has 0 aromatic heterocycles. The van der Waals surface area contributed by atoms with Gasteiger partial charge in [-0.25, -0.2) is 0 Å². The van der Waals surface area contributed by atoms with Crippen LogP contribution in [0.3, 0.4) is 0 Å². The zero-order valence-electron chi connectivity index (χ0n) is 58.6. The number of allylic oxidation sites excluding steroid dienone is 11. The van der Waals surface area contributed by atoms with E-state index in [1.165, 1.54) is 167 Å². The highest BCUT2D eigenvalue weighted by Crippen LogP contribution is 2.33. The molecule has 0 saturated carbocycles. The van der Waals surface area contributed by atoms with Crippen LogP contribution in [0, 0.1) is 0 Å². The normalized spacial score (nSPS) is 27.6. The van der Waals surface area contributed by atoms with Crippen LogP contribution >= 0.6 is 0 Å². The van der Waals surface area contributed by atoms with Crippen LogP contribution in [0.1, 0.15) is 271 Å². The van der Waals surface area contributed by atoms with Gasteiger partial charge in [-0.1, -0.05) is 267 Å². The molecule has 3 aliphatic heterocycles. The summed E-state index contributed by atoms with van der Waals surface area (Å²) in [4.78, 5) is 13.4. The lowest BCUT2D eigenvalue weighted by molar-refractivity contribution is -0.379. The lowest BCUT2D eigenvalue weighted by Gasteiger charge is -2.48. The van der Waals surface area contributed by atoms with Gasteiger partial charge in [0.15, 0.2) is 18.9 Å². The van der Waals surface area contributed by atoms with Crippen molar-refractivity contribution in [1.82, 2.24) is 5.32 Å². The molecule has 95 heavy (non-hydrogen) atoms. The number of hydrogen-bond donors (Lipinski definition) is 12. The number of aliphatic hydroxyl groups is 11. The Labute approximate surface area is 572 Å². The molecule has 12 N–H and O–H groups in total. The molecule has 3 fully saturated rings. The SMILES string of the molecule is CC/C=C\C/C=C\C/C=C\C/C=C\CCCCCCCCCCCCCCCCCCCCCCCCCCCCCCC(=O)NC(COC1OC(CO)C(OC2OC(CO)C(OC3OC(CO)C(O)C(O)C3O)C(O)C2O)C(O)C1O)C(O)/C=C/CC/C=C/CCCCC. The Morgan fingerprint density at radius 2 is 0.737 bits per heavy atom. The van der Waals surface area contributed by atoms with Gasteiger partial charge in [0, 0.05) is 6.42 Å². The van der Waals surface area contributed by atoms with Gasteiger partial charge in [-0.3, -0.25) is 4.79 Å². The number of hydrogen-bond acceptors (Lipinski definition) is 18. The summed E-state index contributed by atoms with van der Waals surface area (Å²) in [6.07, 6.45) is 46.8. The number of carbonyl (C=O) groups is 1. The van der Waals surface area contributed by atoms with Gasteiger partial charge in [0.1, 0.15) is 73.2 Å². The molecule has 1 amide bonds. The largest absolute Gasteiger partial charge is 0.394 e. The quantitative estimate of drug-likeness (QED) is 0.0199. The topological polar surface area (TPSA) is 307 Å². The highest BCUT2D eigenvalue weighted by atomic mass is 16.8. The summed E-state index contributed by atoms with van der Waals surface area (Å²) < 4.78 is 34.2. The van der Waals surface area contributed by atoms with Gasteiger partial charge in [0.2, 0.25) is 5.91 Å². The van der Waals surface area contributed by atoms with E-state index in [1.54, 1.807) is 6.08 Å². The van der Waals surface area contributed by atoms with E-state index in [0.29, 0.717) is 12.8 Å². The second-order valence-electron chi connectivity index (χ2n) is 26.7. The molecule has 0 aliphatic carbocycles. The predicted octanol–water partition coefficient (Wildman–Crippen LogP) is 11.3. The Morgan fingerprint density at radius 3 is 1.18 bits per heavy atom. The molecule has 0 radical (unpaired) electrons. The van der Waals surface area contributed by atoms with E-state index < -0.39 is 124 Å². The van der Waals surface area contributed by atoms with Gasteiger partial charge in [0.05, 0.1) is 38.6 Å². The summed E-state index contributed by atoms with van der Waals surface area (Å²) in [5.74, 6) is -0.285. The van der Waals surface area contributed by atoms with Crippen molar-refractivity contribution in [1.29, 1.82) is 0 Å². The van der Waals surface area contributed by atoms with Crippen LogP contribution in [0.2, 0.25) is 0 Å². The zero-order valence-corrected chi connectivity index (χ0v) is 58.6. The number of unbranched alkanes of at least 4 members (excludes halogenated alkanes) is 32. The lowest BCUT2D eigenvalue weighted by atomic mass is 9.96. The Bertz CT molecular complexity index is 2000. The number of aliphatic hydroxyl groups excluding tert-OH is 11. The zero-order chi connectivity index (χ0) is 68.9. The molecule has 0 bridgehead atoms. The van der Waals surface area contributed by atoms with Crippen LogP contribution in [-0.2, 0) is 33.2 Å². The van der Waals surface area contributed by atoms with Gasteiger partial charge < -0.3 is 89.9 Å². The average molecular weight is 1350 g/mol. The van der Waals surface area contributed by atoms with Crippen molar-refractivity contribution in [2.75, 3.05) is 26.4 Å². The predicted molar refractivity (Wildman–Crippen MR) is 374 cm³/mol. The van der Waals surface area contributed by atoms with Gasteiger partial charge in [-0.15, -0.1) is 0 Å². The molecule has 19 nitrogen and oxygen atoms in total. The maximum Gasteiger partial charge on any atom is 0.220 e. The molecule has 0 aromatic rings. The second kappa shape index (κ2) is 56.9. The van der Waals surface area contributed by atoms with Crippen molar-refractivity contribution in [3.05, 3.63) is 72.9 Å². The first kappa shape index (κ1) is 86.5. The van der Waals surface area contributed by atoms with Crippen molar-refractivity contribution in [2.24, 2.45) is 0 Å². The molecule has 19 heteroatoms. The second-order valence-corrected chi connectivity index (χ2v) is 26.7. The Hall–Kier alpha value is -2.77. The number of rotatable bonds is 58. The van der Waals surface area contributed by atoms with Crippen molar-refractivity contribution in [3.8, 4) is 0 Å². The van der Waals surface area contributed by atoms with E-state index in [1.807, 2.05) is 6.08 Å². The molecule has 17 atom stereocenters. The van der Waals surface area contributed by atoms with Crippen molar-refractivity contribution >= 4 is 5.91 Å². The van der Waals surface area contributed by atoms with Crippen LogP contribution in [0.5, 0.6) is 0 Å². The van der Waals surface area contributed by atoms with Gasteiger partial charge >= 0.3 is 0 Å². The first-order chi connectivity index (χ1) is 46.3. The minimum atomic E-state index is -1.98. The molecule has 3 saturated heterocycles. The third-order valence-corrected chi connectivity index (χ3v) is 18.5. The first-order valence-corrected chi connectivity index (χ1v) is 37.7. The molecule has 3 rings (SSSR count). The standard InChI is InChI=1S/C76H135NO18/c1-3-5-7-9-11-13-14-15-16-17-18-19-20-21-22-23-24-25-26-27-28-29-30-31-32-33-34-35-36-37-38-39-40-41-42-43-44-46-48-50-52-54-64(82)77-59(60(81)53-51-49-47-45-12-10-8-6-4-2)58-90-74-70(88)67(85)72(62(56-79)92-74)95-76-71(89)68(86)73(63(57-80)93-76)94-75-69(87)66(84)65(83)61(55-78)91-75/h5,7,11-13,15-16,18-19,45,51,53,59-63,65-76,78-81,83-89H,3-4,6,8-10,14,17,20-44,46-50,52,54-58H2,1-2H3,(H,77,82)/b7-5-,13-11-,16-15-,19-18-,45-12+,53-51+. The molecule has 0 spiro atoms. The van der Waals surface area contributed by atoms with Crippen molar-refractivity contribution in [3.63, 3.8) is 0 Å². The Morgan fingerprint density at radius 1 is 0.389 bits per heavy atom. The maximum atomic E-state index is 13.4. The van der Waals surface area contributed by atoms with E-state index in [9.17, 15) is 61.0 Å². The van der Waals surface area contributed by atoms with Crippen LogP contribution in [-0.4, -0.2) is 193 Å². The fourth-order valence-corrected chi connectivity index (χ4v) is 12.4. The summed E-state index contributed by atoms with van der Waals surface area (Å²) in [5.41, 5.74) is 0. The van der Waals surface area contributed by atoms with Crippen LogP contribution in [0.4, 0.5) is 0 Å². The highest BCUT2D eigenvalue weighted by molar-refractivity contribution is 5.76. The summed E-state index contributed by atoms with van der Waals surface area (Å²) in [7, 11) is 0. The number of carbonyl (C=O) groups excluding carboxylic acids is 1. The van der Waals surface area contributed by atoms with E-state index in [0.717, 1.165) is 70.6 Å². The van der Waals surface area contributed by atoms with E-state index in [4.69, 9.17) is 28.4 Å². The Kier molecular flexibility index (Phi) is 51.8. The van der Waals surface area contributed by atoms with E-state index >= 15 is 0 Å². The summed E-state index contributed by atoms with van der Waals surface area (Å²) in [5, 5.41) is 120. The lowest BCUT2D eigenvalue weighted by Crippen LogP contribution is -2.66. The molecule has 17 unspecified atom stereocenters. The fourth-order valence-electron chi connectivity index (χ4n) is 12.4. The number of nitrogens with one attached hydrogen (secondary N) is 1. The highest BCUT2D eigenvalue weighted by Gasteiger charge is 2.53. The van der Waals surface area contributed by atoms with E-state index in [2.05, 4.69) is 79.9 Å². The van der Waals surface area contributed by atoms with Crippen LogP contribution in [0.25, 0.3) is 0 Å². The minimum Gasteiger partial charge on any atom is -0.394 e. The summed E-state index contributed by atoms with van der Waals surface area (Å²) in [6.45, 7) is 1.54. The molecule has 3 heterocycles. The average Bonchev–Trinajstić information content (AvgIpc) is 0.797. The minimum absolute atomic E-state index is 0.237. The molecular formula is C76H135NO18. The van der Waals surface area contributed by atoms with Crippen LogP contribution < -0.4 is 5.32 Å².